The normalized spacial score (nSPS) is 14.6. The van der Waals surface area contributed by atoms with Gasteiger partial charge in [0.2, 0.25) is 11.1 Å². The Kier molecular flexibility index (Phi) is 7.98. The van der Waals surface area contributed by atoms with E-state index in [0.717, 1.165) is 17.0 Å². The fourth-order valence-electron chi connectivity index (χ4n) is 4.95. The lowest BCUT2D eigenvalue weighted by atomic mass is 9.92. The van der Waals surface area contributed by atoms with Gasteiger partial charge in [-0.15, -0.1) is 5.10 Å². The number of methoxy groups -OCH3 is 1. The molecule has 1 amide bonds. The molecule has 0 saturated heterocycles. The molecular weight excluding hydrogens is 518 g/mol. The molecular formula is C32H35N5O2S. The molecule has 8 heteroatoms. The van der Waals surface area contributed by atoms with Gasteiger partial charge in [-0.3, -0.25) is 4.79 Å². The Bertz CT molecular complexity index is 1570. The summed E-state index contributed by atoms with van der Waals surface area (Å²) in [5.74, 6) is 2.16. The molecule has 1 atom stereocenters. The van der Waals surface area contributed by atoms with Crippen LogP contribution in [0.1, 0.15) is 60.5 Å². The Hall–Kier alpha value is -4.04. The molecule has 4 aromatic rings. The number of anilines is 2. The van der Waals surface area contributed by atoms with Crippen molar-refractivity contribution in [1.29, 1.82) is 0 Å². The van der Waals surface area contributed by atoms with E-state index < -0.39 is 6.04 Å². The fraction of sp³-hybridized carbons (Fsp3) is 0.281. The van der Waals surface area contributed by atoms with E-state index in [1.165, 1.54) is 22.3 Å². The zero-order valence-corrected chi connectivity index (χ0v) is 24.6. The fourth-order valence-corrected chi connectivity index (χ4v) is 5.85. The van der Waals surface area contributed by atoms with E-state index in [1.807, 2.05) is 35.9 Å². The molecule has 0 aliphatic carbocycles. The van der Waals surface area contributed by atoms with Gasteiger partial charge in [-0.05, 0) is 61.1 Å². The highest BCUT2D eigenvalue weighted by molar-refractivity contribution is 7.98. The first-order chi connectivity index (χ1) is 19.2. The summed E-state index contributed by atoms with van der Waals surface area (Å²) in [6.07, 6.45) is 0. The summed E-state index contributed by atoms with van der Waals surface area (Å²) in [6.45, 7) is 10.5. The maximum absolute atomic E-state index is 13.9. The van der Waals surface area contributed by atoms with Crippen LogP contribution in [0.5, 0.6) is 5.75 Å². The number of carbonyl (C=O) groups excluding carboxylic acids is 1. The molecule has 1 unspecified atom stereocenters. The Morgan fingerprint density at radius 1 is 1.07 bits per heavy atom. The zero-order chi connectivity index (χ0) is 28.4. The number of nitrogens with zero attached hydrogens (tertiary/aromatic N) is 3. The largest absolute Gasteiger partial charge is 0.495 e. The topological polar surface area (TPSA) is 81.1 Å². The molecule has 0 saturated carbocycles. The summed E-state index contributed by atoms with van der Waals surface area (Å²) in [5, 5.41) is 12.0. The number of amides is 1. The van der Waals surface area contributed by atoms with Crippen molar-refractivity contribution in [3.05, 3.63) is 106 Å². The van der Waals surface area contributed by atoms with Gasteiger partial charge < -0.3 is 15.4 Å². The maximum Gasteiger partial charge on any atom is 0.255 e. The average molecular weight is 554 g/mol. The number of fused-ring (bicyclic) bond motifs is 1. The van der Waals surface area contributed by atoms with Crippen LogP contribution >= 0.6 is 11.8 Å². The van der Waals surface area contributed by atoms with Gasteiger partial charge in [0.05, 0.1) is 18.4 Å². The molecule has 1 aliphatic heterocycles. The van der Waals surface area contributed by atoms with Gasteiger partial charge in [-0.1, -0.05) is 85.8 Å². The third-order valence-corrected chi connectivity index (χ3v) is 8.09. The summed E-state index contributed by atoms with van der Waals surface area (Å²) >= 11 is 1.59. The number of aromatic nitrogens is 3. The molecule has 3 aromatic carbocycles. The number of hydrogen-bond acceptors (Lipinski definition) is 6. The van der Waals surface area contributed by atoms with E-state index in [0.29, 0.717) is 34.0 Å². The van der Waals surface area contributed by atoms with Crippen LogP contribution in [0.25, 0.3) is 0 Å². The average Bonchev–Trinajstić information content (AvgIpc) is 3.34. The molecule has 5 rings (SSSR count). The first-order valence-electron chi connectivity index (χ1n) is 13.4. The minimum absolute atomic E-state index is 0.224. The summed E-state index contributed by atoms with van der Waals surface area (Å²) in [5.41, 5.74) is 7.88. The molecule has 7 nitrogen and oxygen atoms in total. The number of benzene rings is 3. The van der Waals surface area contributed by atoms with Gasteiger partial charge in [-0.2, -0.15) is 4.98 Å². The van der Waals surface area contributed by atoms with Crippen LogP contribution in [0.2, 0.25) is 0 Å². The summed E-state index contributed by atoms with van der Waals surface area (Å²) < 4.78 is 7.30. The molecule has 206 valence electrons. The van der Waals surface area contributed by atoms with Crippen molar-refractivity contribution in [2.24, 2.45) is 0 Å². The van der Waals surface area contributed by atoms with Crippen LogP contribution < -0.4 is 15.4 Å². The Labute approximate surface area is 240 Å². The maximum atomic E-state index is 13.9. The number of carbonyl (C=O) groups is 1. The Balaban J connectivity index is 1.50. The van der Waals surface area contributed by atoms with Crippen molar-refractivity contribution in [2.45, 2.75) is 57.5 Å². The predicted molar refractivity (Wildman–Crippen MR) is 162 cm³/mol. The van der Waals surface area contributed by atoms with Crippen molar-refractivity contribution in [2.75, 3.05) is 17.7 Å². The van der Waals surface area contributed by atoms with E-state index in [2.05, 4.69) is 80.8 Å². The first-order valence-corrected chi connectivity index (χ1v) is 14.4. The second-order valence-electron chi connectivity index (χ2n) is 10.4. The second kappa shape index (κ2) is 11.6. The molecule has 0 bridgehead atoms. The molecule has 1 aliphatic rings. The van der Waals surface area contributed by atoms with Crippen molar-refractivity contribution < 1.29 is 9.53 Å². The Morgan fingerprint density at radius 3 is 2.52 bits per heavy atom. The molecule has 2 N–H and O–H groups in total. The monoisotopic (exact) mass is 553 g/mol. The second-order valence-corrected chi connectivity index (χ2v) is 11.4. The van der Waals surface area contributed by atoms with E-state index in [9.17, 15) is 4.79 Å². The highest BCUT2D eigenvalue weighted by Crippen LogP contribution is 2.38. The first kappa shape index (κ1) is 27.5. The third kappa shape index (κ3) is 5.63. The van der Waals surface area contributed by atoms with Crippen LogP contribution in [0.15, 0.2) is 83.2 Å². The van der Waals surface area contributed by atoms with Crippen LogP contribution in [0.4, 0.5) is 11.6 Å². The van der Waals surface area contributed by atoms with Gasteiger partial charge in [0, 0.05) is 11.4 Å². The summed E-state index contributed by atoms with van der Waals surface area (Å²) in [4.78, 5) is 18.7. The van der Waals surface area contributed by atoms with Crippen molar-refractivity contribution in [3.8, 4) is 5.75 Å². The van der Waals surface area contributed by atoms with Gasteiger partial charge in [0.1, 0.15) is 11.8 Å². The van der Waals surface area contributed by atoms with E-state index in [1.54, 1.807) is 18.9 Å². The lowest BCUT2D eigenvalue weighted by Crippen LogP contribution is -2.31. The molecule has 0 radical (unpaired) electrons. The number of thioether (sulfide) groups is 1. The van der Waals surface area contributed by atoms with Crippen LogP contribution in [0.3, 0.4) is 0 Å². The number of hydrogen-bond donors (Lipinski definition) is 2. The van der Waals surface area contributed by atoms with E-state index in [4.69, 9.17) is 14.8 Å². The number of allylic oxidation sites excluding steroid dienone is 1. The zero-order valence-electron chi connectivity index (χ0n) is 23.8. The van der Waals surface area contributed by atoms with Crippen LogP contribution in [-0.2, 0) is 10.5 Å². The van der Waals surface area contributed by atoms with E-state index in [-0.39, 0.29) is 5.91 Å². The van der Waals surface area contributed by atoms with Gasteiger partial charge in [0.15, 0.2) is 0 Å². The lowest BCUT2D eigenvalue weighted by Gasteiger charge is -2.29. The highest BCUT2D eigenvalue weighted by Gasteiger charge is 2.34. The summed E-state index contributed by atoms with van der Waals surface area (Å²) in [7, 11) is 1.59. The summed E-state index contributed by atoms with van der Waals surface area (Å²) in [6, 6.07) is 21.9. The van der Waals surface area contributed by atoms with Crippen molar-refractivity contribution in [1.82, 2.24) is 14.8 Å². The highest BCUT2D eigenvalue weighted by atomic mass is 32.2. The van der Waals surface area contributed by atoms with Crippen LogP contribution in [-0.4, -0.2) is 27.8 Å². The van der Waals surface area contributed by atoms with Crippen molar-refractivity contribution in [3.63, 3.8) is 0 Å². The third-order valence-electron chi connectivity index (χ3n) is 7.21. The minimum Gasteiger partial charge on any atom is -0.495 e. The quantitative estimate of drug-likeness (QED) is 0.224. The number of nitrogens with one attached hydrogen (secondary N) is 2. The molecule has 0 fully saturated rings. The predicted octanol–water partition coefficient (Wildman–Crippen LogP) is 7.25. The number of para-hydroxylation sites is 2. The minimum atomic E-state index is -0.449. The Morgan fingerprint density at radius 2 is 1.82 bits per heavy atom. The van der Waals surface area contributed by atoms with Gasteiger partial charge >= 0.3 is 0 Å². The molecule has 2 heterocycles. The lowest BCUT2D eigenvalue weighted by molar-refractivity contribution is -0.113. The SMILES string of the molecule is COc1ccccc1NC(=O)C1=C(C)Nc2nc(SCc3ccc(C)cc3C)nn2C1c1ccc(C(C)C)cc1. The molecule has 0 spiro atoms. The standard InChI is InChI=1S/C32H35N5O2S/c1-19(2)23-13-15-24(16-14-23)29-28(30(38)34-26-9-7-8-10-27(26)39-6)22(5)33-31-35-32(36-37(29)31)40-18-25-12-11-20(3)17-21(25)4/h7-17,19,29H,18H2,1-6H3,(H,34,38)(H,33,35,36). The number of rotatable bonds is 8. The smallest absolute Gasteiger partial charge is 0.255 e. The van der Waals surface area contributed by atoms with Crippen LogP contribution in [0, 0.1) is 13.8 Å². The van der Waals surface area contributed by atoms with E-state index >= 15 is 0 Å². The molecule has 40 heavy (non-hydrogen) atoms. The van der Waals surface area contributed by atoms with Gasteiger partial charge in [0.25, 0.3) is 5.91 Å². The number of aryl methyl sites for hydroxylation is 2. The number of ether oxygens (including phenoxy) is 1. The van der Waals surface area contributed by atoms with Crippen molar-refractivity contribution >= 4 is 29.3 Å². The van der Waals surface area contributed by atoms with Gasteiger partial charge in [-0.25, -0.2) is 4.68 Å². The molecule has 1 aromatic heterocycles.